The highest BCUT2D eigenvalue weighted by molar-refractivity contribution is 14.1. The number of halogens is 1. The Bertz CT molecular complexity index is 414. The molecule has 0 atom stereocenters. The molecule has 2 rings (SSSR count). The van der Waals surface area contributed by atoms with Gasteiger partial charge in [-0.1, -0.05) is 13.8 Å². The first-order chi connectivity index (χ1) is 8.60. The molecule has 4 heteroatoms. The summed E-state index contributed by atoms with van der Waals surface area (Å²) in [6, 6.07) is 0. The third-order valence-corrected chi connectivity index (χ3v) is 4.21. The Hall–Kier alpha value is -0.390. The zero-order valence-electron chi connectivity index (χ0n) is 11.5. The maximum atomic E-state index is 4.78. The van der Waals surface area contributed by atoms with Gasteiger partial charge in [0.15, 0.2) is 0 Å². The van der Waals surface area contributed by atoms with Crippen LogP contribution in [-0.4, -0.2) is 16.5 Å². The van der Waals surface area contributed by atoms with Crippen molar-refractivity contribution in [2.24, 2.45) is 11.8 Å². The first kappa shape index (κ1) is 14.0. The average molecular weight is 359 g/mol. The molecule has 0 bridgehead atoms. The highest BCUT2D eigenvalue weighted by Crippen LogP contribution is 2.32. The quantitative estimate of drug-likeness (QED) is 0.788. The minimum atomic E-state index is 0.636. The number of hydrogen-bond acceptors (Lipinski definition) is 3. The van der Waals surface area contributed by atoms with Crippen LogP contribution in [0.2, 0.25) is 0 Å². The van der Waals surface area contributed by atoms with Crippen molar-refractivity contribution in [3.05, 3.63) is 15.1 Å². The summed E-state index contributed by atoms with van der Waals surface area (Å²) in [5.41, 5.74) is 1.22. The predicted octanol–water partition coefficient (Wildman–Crippen LogP) is 3.66. The van der Waals surface area contributed by atoms with Gasteiger partial charge in [-0.15, -0.1) is 0 Å². The van der Waals surface area contributed by atoms with E-state index in [4.69, 9.17) is 4.98 Å². The lowest BCUT2D eigenvalue weighted by molar-refractivity contribution is 0.624. The van der Waals surface area contributed by atoms with E-state index in [1.165, 1.54) is 22.1 Å². The number of rotatable bonds is 6. The van der Waals surface area contributed by atoms with E-state index in [1.54, 1.807) is 0 Å². The van der Waals surface area contributed by atoms with Crippen LogP contribution in [0.4, 0.5) is 5.82 Å². The lowest BCUT2D eigenvalue weighted by Crippen LogP contribution is -2.11. The monoisotopic (exact) mass is 359 g/mol. The third kappa shape index (κ3) is 3.80. The molecule has 0 amide bonds. The van der Waals surface area contributed by atoms with Gasteiger partial charge < -0.3 is 5.32 Å². The van der Waals surface area contributed by atoms with E-state index in [0.29, 0.717) is 5.92 Å². The summed E-state index contributed by atoms with van der Waals surface area (Å²) < 4.78 is 1.20. The van der Waals surface area contributed by atoms with Gasteiger partial charge in [-0.05, 0) is 60.6 Å². The molecule has 1 fully saturated rings. The summed E-state index contributed by atoms with van der Waals surface area (Å²) in [6.07, 6.45) is 4.80. The molecule has 0 aliphatic heterocycles. The Labute approximate surface area is 123 Å². The van der Waals surface area contributed by atoms with E-state index in [0.717, 1.165) is 36.9 Å². The van der Waals surface area contributed by atoms with Crippen LogP contribution < -0.4 is 5.32 Å². The van der Waals surface area contributed by atoms with Crippen LogP contribution in [0, 0.1) is 15.4 Å². The van der Waals surface area contributed by atoms with Crippen LogP contribution in [0.1, 0.15) is 45.1 Å². The van der Waals surface area contributed by atoms with E-state index in [-0.39, 0.29) is 0 Å². The Morgan fingerprint density at radius 3 is 2.61 bits per heavy atom. The topological polar surface area (TPSA) is 37.8 Å². The molecule has 100 valence electrons. The number of nitrogens with one attached hydrogen (secondary N) is 1. The Morgan fingerprint density at radius 1 is 1.33 bits per heavy atom. The maximum absolute atomic E-state index is 4.78. The minimum Gasteiger partial charge on any atom is -0.369 e. The lowest BCUT2D eigenvalue weighted by Gasteiger charge is -2.13. The van der Waals surface area contributed by atoms with Gasteiger partial charge in [-0.3, -0.25) is 0 Å². The van der Waals surface area contributed by atoms with Crippen LogP contribution in [0.3, 0.4) is 0 Å². The molecule has 1 aromatic rings. The van der Waals surface area contributed by atoms with Crippen molar-refractivity contribution in [1.29, 1.82) is 0 Å². The largest absolute Gasteiger partial charge is 0.369 e. The molecular formula is C14H22IN3. The minimum absolute atomic E-state index is 0.636. The van der Waals surface area contributed by atoms with Gasteiger partial charge in [-0.25, -0.2) is 9.97 Å². The van der Waals surface area contributed by atoms with Crippen molar-refractivity contribution in [2.45, 2.75) is 46.5 Å². The fourth-order valence-electron chi connectivity index (χ4n) is 2.02. The van der Waals surface area contributed by atoms with Gasteiger partial charge in [0.25, 0.3) is 0 Å². The summed E-state index contributed by atoms with van der Waals surface area (Å²) in [5, 5.41) is 3.36. The molecule has 18 heavy (non-hydrogen) atoms. The Balaban J connectivity index is 2.26. The first-order valence-corrected chi connectivity index (χ1v) is 7.97. The molecular weight excluding hydrogens is 337 g/mol. The van der Waals surface area contributed by atoms with Gasteiger partial charge in [0, 0.05) is 13.0 Å². The van der Waals surface area contributed by atoms with Crippen molar-refractivity contribution in [2.75, 3.05) is 11.9 Å². The van der Waals surface area contributed by atoms with Crippen LogP contribution in [0.25, 0.3) is 0 Å². The number of hydrogen-bond donors (Lipinski definition) is 1. The molecule has 1 aliphatic carbocycles. The fourth-order valence-corrected chi connectivity index (χ4v) is 2.67. The van der Waals surface area contributed by atoms with E-state index in [2.05, 4.69) is 53.7 Å². The number of aromatic nitrogens is 2. The second kappa shape index (κ2) is 6.17. The van der Waals surface area contributed by atoms with E-state index in [9.17, 15) is 0 Å². The van der Waals surface area contributed by atoms with Crippen LogP contribution >= 0.6 is 22.6 Å². The van der Waals surface area contributed by atoms with Crippen molar-refractivity contribution in [3.8, 4) is 0 Å². The van der Waals surface area contributed by atoms with Crippen LogP contribution in [-0.2, 0) is 12.8 Å². The van der Waals surface area contributed by atoms with Gasteiger partial charge in [0.2, 0.25) is 0 Å². The van der Waals surface area contributed by atoms with Crippen molar-refractivity contribution in [3.63, 3.8) is 0 Å². The summed E-state index contributed by atoms with van der Waals surface area (Å²) in [6.45, 7) is 7.51. The first-order valence-electron chi connectivity index (χ1n) is 6.89. The molecule has 1 N–H and O–H groups in total. The highest BCUT2D eigenvalue weighted by atomic mass is 127. The van der Waals surface area contributed by atoms with E-state index in [1.807, 2.05) is 0 Å². The standard InChI is InChI=1S/C14H22IN3/c1-4-16-14-13(15)11(7-9(2)3)17-12(18-14)8-10-5-6-10/h9-10H,4-8H2,1-3H3,(H,16,17,18). The van der Waals surface area contributed by atoms with Crippen LogP contribution in [0.5, 0.6) is 0 Å². The highest BCUT2D eigenvalue weighted by Gasteiger charge is 2.24. The average Bonchev–Trinajstić information content (AvgIpc) is 3.08. The molecule has 1 heterocycles. The molecule has 0 unspecified atom stereocenters. The molecule has 1 aliphatic rings. The van der Waals surface area contributed by atoms with Gasteiger partial charge in [0.05, 0.1) is 9.26 Å². The molecule has 0 aromatic carbocycles. The van der Waals surface area contributed by atoms with E-state index >= 15 is 0 Å². The zero-order chi connectivity index (χ0) is 13.1. The van der Waals surface area contributed by atoms with E-state index < -0.39 is 0 Å². The predicted molar refractivity (Wildman–Crippen MR) is 83.9 cm³/mol. The fraction of sp³-hybridized carbons (Fsp3) is 0.714. The van der Waals surface area contributed by atoms with Gasteiger partial charge >= 0.3 is 0 Å². The smallest absolute Gasteiger partial charge is 0.143 e. The molecule has 3 nitrogen and oxygen atoms in total. The molecule has 1 saturated carbocycles. The SMILES string of the molecule is CCNc1nc(CC2CC2)nc(CC(C)C)c1I. The summed E-state index contributed by atoms with van der Waals surface area (Å²) in [4.78, 5) is 9.46. The summed E-state index contributed by atoms with van der Waals surface area (Å²) >= 11 is 2.38. The van der Waals surface area contributed by atoms with Gasteiger partial charge in [0.1, 0.15) is 11.6 Å². The Kier molecular flexibility index (Phi) is 4.81. The van der Waals surface area contributed by atoms with Crippen molar-refractivity contribution >= 4 is 28.4 Å². The number of anilines is 1. The van der Waals surface area contributed by atoms with Crippen LogP contribution in [0.15, 0.2) is 0 Å². The maximum Gasteiger partial charge on any atom is 0.143 e. The zero-order valence-corrected chi connectivity index (χ0v) is 13.6. The van der Waals surface area contributed by atoms with Gasteiger partial charge in [-0.2, -0.15) is 0 Å². The molecule has 0 spiro atoms. The summed E-state index contributed by atoms with van der Waals surface area (Å²) in [5.74, 6) is 3.53. The second-order valence-electron chi connectivity index (χ2n) is 5.52. The Morgan fingerprint density at radius 2 is 2.06 bits per heavy atom. The molecule has 0 radical (unpaired) electrons. The third-order valence-electron chi connectivity index (χ3n) is 3.08. The molecule has 1 aromatic heterocycles. The normalized spacial score (nSPS) is 15.2. The van der Waals surface area contributed by atoms with Crippen molar-refractivity contribution in [1.82, 2.24) is 9.97 Å². The van der Waals surface area contributed by atoms with Crippen molar-refractivity contribution < 1.29 is 0 Å². The number of nitrogens with zero attached hydrogens (tertiary/aromatic N) is 2. The second-order valence-corrected chi connectivity index (χ2v) is 6.60. The molecule has 0 saturated heterocycles. The summed E-state index contributed by atoms with van der Waals surface area (Å²) in [7, 11) is 0. The lowest BCUT2D eigenvalue weighted by atomic mass is 10.1.